The average Bonchev–Trinajstić information content (AvgIpc) is 3.55. The molecular formula is C26H36F3N3O2. The Hall–Kier alpha value is -1.80. The van der Waals surface area contributed by atoms with Gasteiger partial charge in [0.05, 0.1) is 17.6 Å². The Labute approximate surface area is 200 Å². The fraction of sp³-hybridized carbons (Fsp3) is 0.731. The molecule has 1 spiro atoms. The highest BCUT2D eigenvalue weighted by Gasteiger charge is 2.52. The molecule has 4 unspecified atom stereocenters. The molecule has 1 amide bonds. The highest BCUT2D eigenvalue weighted by molar-refractivity contribution is 5.86. The minimum atomic E-state index is -4.49. The van der Waals surface area contributed by atoms with E-state index in [1.807, 2.05) is 6.07 Å². The second-order valence-corrected chi connectivity index (χ2v) is 10.5. The largest absolute Gasteiger partial charge is 0.416 e. The monoisotopic (exact) mass is 479 g/mol. The van der Waals surface area contributed by atoms with Crippen molar-refractivity contribution in [3.8, 4) is 0 Å². The summed E-state index contributed by atoms with van der Waals surface area (Å²) >= 11 is 0. The van der Waals surface area contributed by atoms with Crippen LogP contribution in [0.5, 0.6) is 0 Å². The van der Waals surface area contributed by atoms with Crippen molar-refractivity contribution in [2.75, 3.05) is 44.3 Å². The fourth-order valence-electron chi connectivity index (χ4n) is 6.96. The number of rotatable bonds is 5. The first-order valence-corrected chi connectivity index (χ1v) is 12.9. The number of hydrogen-bond acceptors (Lipinski definition) is 4. The second-order valence-electron chi connectivity index (χ2n) is 10.5. The van der Waals surface area contributed by atoms with E-state index in [1.165, 1.54) is 31.7 Å². The number of nitrogens with one attached hydrogen (secondary N) is 1. The van der Waals surface area contributed by atoms with E-state index in [4.69, 9.17) is 4.74 Å². The number of amides is 1. The summed E-state index contributed by atoms with van der Waals surface area (Å²) in [6.07, 6.45) is 2.33. The van der Waals surface area contributed by atoms with Gasteiger partial charge in [-0.25, -0.2) is 0 Å². The molecule has 4 saturated heterocycles. The number of carbonyl (C=O) groups is 1. The molecule has 4 fully saturated rings. The lowest BCUT2D eigenvalue weighted by Crippen LogP contribution is -2.43. The lowest BCUT2D eigenvalue weighted by atomic mass is 9.67. The number of hydrogen-bond donors (Lipinski definition) is 1. The predicted octanol–water partition coefficient (Wildman–Crippen LogP) is 4.56. The molecule has 1 N–H and O–H groups in total. The summed E-state index contributed by atoms with van der Waals surface area (Å²) < 4.78 is 48.6. The molecule has 8 heteroatoms. The van der Waals surface area contributed by atoms with Crippen LogP contribution in [0, 0.1) is 5.41 Å². The van der Waals surface area contributed by atoms with Crippen molar-refractivity contribution in [2.45, 2.75) is 76.0 Å². The van der Waals surface area contributed by atoms with Gasteiger partial charge in [0, 0.05) is 49.9 Å². The maximum Gasteiger partial charge on any atom is 0.416 e. The molecule has 188 valence electrons. The molecule has 4 heterocycles. The van der Waals surface area contributed by atoms with Crippen LogP contribution < -0.4 is 10.2 Å². The van der Waals surface area contributed by atoms with Crippen molar-refractivity contribution in [1.29, 1.82) is 0 Å². The maximum atomic E-state index is 14.3. The van der Waals surface area contributed by atoms with Crippen molar-refractivity contribution in [3.05, 3.63) is 29.3 Å². The van der Waals surface area contributed by atoms with Crippen LogP contribution in [0.1, 0.15) is 68.9 Å². The molecule has 4 aliphatic heterocycles. The quantitative estimate of drug-likeness (QED) is 0.673. The minimum absolute atomic E-state index is 0.132. The number of halogens is 3. The highest BCUT2D eigenvalue weighted by atomic mass is 19.4. The molecule has 0 radical (unpaired) electrons. The van der Waals surface area contributed by atoms with Crippen LogP contribution >= 0.6 is 0 Å². The zero-order valence-electron chi connectivity index (χ0n) is 20.0. The van der Waals surface area contributed by atoms with Gasteiger partial charge in [0.15, 0.2) is 0 Å². The van der Waals surface area contributed by atoms with Gasteiger partial charge >= 0.3 is 6.18 Å². The Morgan fingerprint density at radius 2 is 2.06 bits per heavy atom. The summed E-state index contributed by atoms with van der Waals surface area (Å²) in [6.45, 7) is 5.93. The fourth-order valence-corrected chi connectivity index (χ4v) is 6.96. The number of ether oxygens (including phenoxy) is 1. The summed E-state index contributed by atoms with van der Waals surface area (Å²) in [5.41, 5.74) is -0.589. The molecule has 1 aromatic carbocycles. The van der Waals surface area contributed by atoms with E-state index in [0.29, 0.717) is 43.8 Å². The second kappa shape index (κ2) is 9.34. The number of nitrogens with zero attached hydrogens (tertiary/aromatic N) is 2. The van der Waals surface area contributed by atoms with E-state index in [9.17, 15) is 18.0 Å². The molecule has 0 aromatic heterocycles. The van der Waals surface area contributed by atoms with Gasteiger partial charge < -0.3 is 15.0 Å². The van der Waals surface area contributed by atoms with E-state index in [1.54, 1.807) is 6.07 Å². The third-order valence-electron chi connectivity index (χ3n) is 8.71. The Balaban J connectivity index is 1.41. The van der Waals surface area contributed by atoms with Crippen LogP contribution in [-0.4, -0.2) is 62.3 Å². The van der Waals surface area contributed by atoms with Crippen molar-refractivity contribution >= 4 is 11.6 Å². The first-order valence-electron chi connectivity index (χ1n) is 12.9. The van der Waals surface area contributed by atoms with E-state index in [0.717, 1.165) is 26.1 Å². The first kappa shape index (κ1) is 23.9. The summed E-state index contributed by atoms with van der Waals surface area (Å²) in [6, 6.07) is 5.79. The smallest absolute Gasteiger partial charge is 0.381 e. The van der Waals surface area contributed by atoms with Crippen molar-refractivity contribution < 1.29 is 22.7 Å². The molecular weight excluding hydrogens is 443 g/mol. The van der Waals surface area contributed by atoms with Crippen LogP contribution in [0.15, 0.2) is 18.2 Å². The normalized spacial score (nSPS) is 32.6. The zero-order valence-corrected chi connectivity index (χ0v) is 20.0. The maximum absolute atomic E-state index is 14.3. The summed E-state index contributed by atoms with van der Waals surface area (Å²) in [5.74, 6) is -0.715. The third-order valence-corrected chi connectivity index (χ3v) is 8.71. The molecule has 0 saturated carbocycles. The molecule has 0 bridgehead atoms. The molecule has 1 aromatic rings. The van der Waals surface area contributed by atoms with E-state index >= 15 is 0 Å². The SMILES string of the molecule is CCCC1CCCN1C1CCN(c2ccc(C3COCCC34CCNC4=O)c(C(F)(F)F)c2)C1. The number of carbonyl (C=O) groups excluding carboxylic acids is 1. The summed E-state index contributed by atoms with van der Waals surface area (Å²) in [5, 5.41) is 2.85. The van der Waals surface area contributed by atoms with E-state index in [-0.39, 0.29) is 18.1 Å². The Kier molecular flexibility index (Phi) is 6.57. The van der Waals surface area contributed by atoms with Gasteiger partial charge in [-0.1, -0.05) is 19.4 Å². The standard InChI is InChI=1S/C26H36F3N3O2/c1-2-4-18-5-3-12-32(18)20-8-13-31(16-20)19-6-7-21(22(15-19)26(27,28)29)23-17-34-14-10-25(23)9-11-30-24(25)33/h6-7,15,18,20,23H,2-5,8-14,16-17H2,1H3,(H,30,33). The highest BCUT2D eigenvalue weighted by Crippen LogP contribution is 2.50. The van der Waals surface area contributed by atoms with Gasteiger partial charge in [-0.15, -0.1) is 0 Å². The average molecular weight is 480 g/mol. The summed E-state index contributed by atoms with van der Waals surface area (Å²) in [4.78, 5) is 17.5. The lowest BCUT2D eigenvalue weighted by Gasteiger charge is -2.40. The number of alkyl halides is 3. The van der Waals surface area contributed by atoms with Crippen LogP contribution in [0.3, 0.4) is 0 Å². The predicted molar refractivity (Wildman–Crippen MR) is 125 cm³/mol. The van der Waals surface area contributed by atoms with Crippen LogP contribution in [0.2, 0.25) is 0 Å². The molecule has 5 nitrogen and oxygen atoms in total. The van der Waals surface area contributed by atoms with Gasteiger partial charge in [-0.2, -0.15) is 13.2 Å². The van der Waals surface area contributed by atoms with Gasteiger partial charge in [-0.05, 0) is 62.8 Å². The molecule has 4 atom stereocenters. The van der Waals surface area contributed by atoms with Crippen LogP contribution in [-0.2, 0) is 15.7 Å². The van der Waals surface area contributed by atoms with Gasteiger partial charge in [0.1, 0.15) is 0 Å². The Bertz CT molecular complexity index is 908. The topological polar surface area (TPSA) is 44.8 Å². The minimum Gasteiger partial charge on any atom is -0.381 e. The van der Waals surface area contributed by atoms with Crippen molar-refractivity contribution in [1.82, 2.24) is 10.2 Å². The molecule has 34 heavy (non-hydrogen) atoms. The molecule has 5 rings (SSSR count). The van der Waals surface area contributed by atoms with E-state index < -0.39 is 23.1 Å². The third kappa shape index (κ3) is 4.21. The molecule has 4 aliphatic rings. The summed E-state index contributed by atoms with van der Waals surface area (Å²) in [7, 11) is 0. The zero-order chi connectivity index (χ0) is 23.9. The number of anilines is 1. The Morgan fingerprint density at radius 1 is 1.21 bits per heavy atom. The van der Waals surface area contributed by atoms with Crippen molar-refractivity contribution in [2.24, 2.45) is 5.41 Å². The van der Waals surface area contributed by atoms with Gasteiger partial charge in [0.25, 0.3) is 0 Å². The lowest BCUT2D eigenvalue weighted by molar-refractivity contribution is -0.142. The number of benzene rings is 1. The van der Waals surface area contributed by atoms with Crippen molar-refractivity contribution in [3.63, 3.8) is 0 Å². The van der Waals surface area contributed by atoms with Crippen LogP contribution in [0.4, 0.5) is 18.9 Å². The van der Waals surface area contributed by atoms with E-state index in [2.05, 4.69) is 22.0 Å². The van der Waals surface area contributed by atoms with Gasteiger partial charge in [0.2, 0.25) is 5.91 Å². The Morgan fingerprint density at radius 3 is 2.79 bits per heavy atom. The number of likely N-dealkylation sites (tertiary alicyclic amines) is 1. The van der Waals surface area contributed by atoms with Gasteiger partial charge in [-0.3, -0.25) is 9.69 Å². The molecule has 0 aliphatic carbocycles. The van der Waals surface area contributed by atoms with Crippen LogP contribution in [0.25, 0.3) is 0 Å². The first-order chi connectivity index (χ1) is 16.3.